The second-order valence-electron chi connectivity index (χ2n) is 9.67. The van der Waals surface area contributed by atoms with Crippen LogP contribution in [-0.2, 0) is 6.54 Å². The van der Waals surface area contributed by atoms with Gasteiger partial charge < -0.3 is 4.98 Å². The van der Waals surface area contributed by atoms with Crippen LogP contribution in [0.1, 0.15) is 56.9 Å². The van der Waals surface area contributed by atoms with Crippen molar-refractivity contribution in [3.05, 3.63) is 45.2 Å². The summed E-state index contributed by atoms with van der Waals surface area (Å²) in [7, 11) is 0. The summed E-state index contributed by atoms with van der Waals surface area (Å²) < 4.78 is 0. The minimum Gasteiger partial charge on any atom is -0.358 e. The molecule has 0 unspecified atom stereocenters. The second-order valence-corrected chi connectivity index (χ2v) is 9.67. The van der Waals surface area contributed by atoms with E-state index in [1.807, 2.05) is 12.1 Å². The van der Waals surface area contributed by atoms with E-state index in [1.165, 1.54) is 19.3 Å². The number of fused-ring (bicyclic) bond motifs is 3. The largest absolute Gasteiger partial charge is 0.358 e. The lowest BCUT2D eigenvalue weighted by Gasteiger charge is -2.40. The maximum Gasteiger partial charge on any atom is 0.194 e. The van der Waals surface area contributed by atoms with Crippen molar-refractivity contribution in [2.45, 2.75) is 66.5 Å². The Morgan fingerprint density at radius 3 is 2.72 bits per heavy atom. The monoisotopic (exact) mass is 338 g/mol. The Kier molecular flexibility index (Phi) is 3.66. The number of nitrogens with one attached hydrogen (secondary N) is 1. The van der Waals surface area contributed by atoms with Gasteiger partial charge in [0.1, 0.15) is 0 Å². The Labute approximate surface area is 150 Å². The number of nitrogens with zero attached hydrogens (tertiary/aromatic N) is 1. The summed E-state index contributed by atoms with van der Waals surface area (Å²) in [5.74, 6) is 0. The molecule has 1 aromatic heterocycles. The van der Waals surface area contributed by atoms with Crippen LogP contribution in [0, 0.1) is 24.7 Å². The van der Waals surface area contributed by atoms with Gasteiger partial charge in [0.2, 0.25) is 0 Å². The van der Waals surface area contributed by atoms with Gasteiger partial charge >= 0.3 is 0 Å². The van der Waals surface area contributed by atoms with E-state index >= 15 is 0 Å². The lowest BCUT2D eigenvalue weighted by atomic mass is 9.65. The van der Waals surface area contributed by atoms with Gasteiger partial charge in [-0.05, 0) is 55.6 Å². The van der Waals surface area contributed by atoms with E-state index in [1.54, 1.807) is 0 Å². The van der Waals surface area contributed by atoms with E-state index in [0.29, 0.717) is 16.9 Å². The molecule has 2 aliphatic rings. The quantitative estimate of drug-likeness (QED) is 0.872. The molecule has 1 aliphatic carbocycles. The average Bonchev–Trinajstić information content (AvgIpc) is 2.73. The lowest BCUT2D eigenvalue weighted by molar-refractivity contribution is 0.126. The zero-order valence-electron chi connectivity index (χ0n) is 16.2. The number of hydrogen-bond acceptors (Lipinski definition) is 2. The fourth-order valence-corrected chi connectivity index (χ4v) is 5.77. The molecule has 1 aromatic carbocycles. The average molecular weight is 338 g/mol. The van der Waals surface area contributed by atoms with Crippen molar-refractivity contribution in [2.75, 3.05) is 6.54 Å². The number of aromatic amines is 1. The van der Waals surface area contributed by atoms with E-state index in [4.69, 9.17) is 0 Å². The Hall–Kier alpha value is -1.61. The molecule has 3 nitrogen and oxygen atoms in total. The zero-order chi connectivity index (χ0) is 18.0. The standard InChI is InChI=1S/C22H30N2O/c1-14-7-6-8-17-19(14)23-15(2)18(20(17)25)11-24-13-22(5)10-16(24)9-21(3,4)12-22/h6-8,16H,9-13H2,1-5H3,(H,23,25)/t16-,22+/m1/s1. The first kappa shape index (κ1) is 16.8. The van der Waals surface area contributed by atoms with Crippen LogP contribution in [0.15, 0.2) is 23.0 Å². The van der Waals surface area contributed by atoms with Gasteiger partial charge in [0.25, 0.3) is 0 Å². The molecule has 2 fully saturated rings. The van der Waals surface area contributed by atoms with E-state index in [9.17, 15) is 4.79 Å². The summed E-state index contributed by atoms with van der Waals surface area (Å²) in [5.41, 5.74) is 5.12. The van der Waals surface area contributed by atoms with Crippen LogP contribution in [0.25, 0.3) is 10.9 Å². The molecule has 1 N–H and O–H groups in total. The first-order valence-electron chi connectivity index (χ1n) is 9.53. The van der Waals surface area contributed by atoms with Crippen LogP contribution < -0.4 is 5.43 Å². The van der Waals surface area contributed by atoms with Gasteiger partial charge in [0.15, 0.2) is 5.43 Å². The lowest BCUT2D eigenvalue weighted by Crippen LogP contribution is -2.35. The molecule has 2 atom stereocenters. The molecule has 0 amide bonds. The van der Waals surface area contributed by atoms with Gasteiger partial charge in [-0.25, -0.2) is 0 Å². The smallest absolute Gasteiger partial charge is 0.194 e. The number of rotatable bonds is 2. The number of benzene rings is 1. The summed E-state index contributed by atoms with van der Waals surface area (Å²) in [6.07, 6.45) is 3.81. The van der Waals surface area contributed by atoms with E-state index in [-0.39, 0.29) is 5.43 Å². The fourth-order valence-electron chi connectivity index (χ4n) is 5.77. The van der Waals surface area contributed by atoms with Crippen molar-refractivity contribution in [3.63, 3.8) is 0 Å². The molecule has 25 heavy (non-hydrogen) atoms. The summed E-state index contributed by atoms with van der Waals surface area (Å²) in [6.45, 7) is 13.2. The molecule has 0 spiro atoms. The van der Waals surface area contributed by atoms with E-state index in [0.717, 1.165) is 40.8 Å². The molecule has 1 saturated carbocycles. The highest BCUT2D eigenvalue weighted by Crippen LogP contribution is 2.52. The Balaban J connectivity index is 1.72. The highest BCUT2D eigenvalue weighted by molar-refractivity contribution is 5.82. The molecular weight excluding hydrogens is 308 g/mol. The zero-order valence-corrected chi connectivity index (χ0v) is 16.2. The van der Waals surface area contributed by atoms with Crippen molar-refractivity contribution < 1.29 is 0 Å². The fraction of sp³-hybridized carbons (Fsp3) is 0.591. The number of hydrogen-bond donors (Lipinski definition) is 1. The van der Waals surface area contributed by atoms with Gasteiger partial charge in [0.05, 0.1) is 5.52 Å². The topological polar surface area (TPSA) is 36.1 Å². The maximum atomic E-state index is 13.1. The number of para-hydroxylation sites is 1. The number of aromatic nitrogens is 1. The molecule has 4 rings (SSSR count). The third-order valence-electron chi connectivity index (χ3n) is 6.44. The van der Waals surface area contributed by atoms with Gasteiger partial charge in [0, 0.05) is 35.8 Å². The Bertz CT molecular complexity index is 895. The highest BCUT2D eigenvalue weighted by atomic mass is 16.1. The molecule has 2 heterocycles. The SMILES string of the molecule is Cc1[nH]c2c(C)cccc2c(=O)c1CN1C[C@@]2(C)C[C@H]1CC(C)(C)C2. The molecule has 3 heteroatoms. The van der Waals surface area contributed by atoms with Crippen LogP contribution in [0.3, 0.4) is 0 Å². The molecule has 1 saturated heterocycles. The molecule has 2 aromatic rings. The first-order chi connectivity index (χ1) is 11.7. The molecule has 0 radical (unpaired) electrons. The van der Waals surface area contributed by atoms with Gasteiger partial charge in [-0.2, -0.15) is 0 Å². The third kappa shape index (κ3) is 2.83. The van der Waals surface area contributed by atoms with Crippen molar-refractivity contribution in [2.24, 2.45) is 10.8 Å². The minimum atomic E-state index is 0.209. The first-order valence-corrected chi connectivity index (χ1v) is 9.53. The number of likely N-dealkylation sites (tertiary alicyclic amines) is 1. The van der Waals surface area contributed by atoms with Crippen molar-refractivity contribution >= 4 is 10.9 Å². The minimum absolute atomic E-state index is 0.209. The predicted octanol–water partition coefficient (Wildman–Crippen LogP) is 4.55. The van der Waals surface area contributed by atoms with Crippen molar-refractivity contribution in [3.8, 4) is 0 Å². The van der Waals surface area contributed by atoms with E-state index in [2.05, 4.69) is 50.6 Å². The van der Waals surface area contributed by atoms with Crippen molar-refractivity contribution in [1.29, 1.82) is 0 Å². The second kappa shape index (κ2) is 5.44. The normalized spacial score (nSPS) is 28.6. The highest BCUT2D eigenvalue weighted by Gasteiger charge is 2.49. The van der Waals surface area contributed by atoms with Crippen LogP contribution in [0.4, 0.5) is 0 Å². The van der Waals surface area contributed by atoms with Crippen LogP contribution >= 0.6 is 0 Å². The van der Waals surface area contributed by atoms with Crippen LogP contribution in [0.5, 0.6) is 0 Å². The summed E-state index contributed by atoms with van der Waals surface area (Å²) in [5, 5.41) is 0.828. The summed E-state index contributed by atoms with van der Waals surface area (Å²) >= 11 is 0. The maximum absolute atomic E-state index is 13.1. The van der Waals surface area contributed by atoms with E-state index < -0.39 is 0 Å². The Morgan fingerprint density at radius 2 is 1.96 bits per heavy atom. The third-order valence-corrected chi connectivity index (χ3v) is 6.44. The van der Waals surface area contributed by atoms with Crippen molar-refractivity contribution in [1.82, 2.24) is 9.88 Å². The number of H-pyrrole nitrogens is 1. The summed E-state index contributed by atoms with van der Waals surface area (Å²) in [6, 6.07) is 6.61. The Morgan fingerprint density at radius 1 is 1.20 bits per heavy atom. The predicted molar refractivity (Wildman–Crippen MR) is 104 cm³/mol. The molecule has 2 bridgehead atoms. The molecule has 1 aliphatic heterocycles. The summed E-state index contributed by atoms with van der Waals surface area (Å²) in [4.78, 5) is 19.2. The van der Waals surface area contributed by atoms with Gasteiger partial charge in [-0.3, -0.25) is 9.69 Å². The van der Waals surface area contributed by atoms with Gasteiger partial charge in [-0.1, -0.05) is 32.9 Å². The molecule has 134 valence electrons. The van der Waals surface area contributed by atoms with Gasteiger partial charge in [-0.15, -0.1) is 0 Å². The van der Waals surface area contributed by atoms with Crippen LogP contribution in [-0.4, -0.2) is 22.5 Å². The molecular formula is C22H30N2O. The number of aryl methyl sites for hydroxylation is 2. The van der Waals surface area contributed by atoms with Crippen LogP contribution in [0.2, 0.25) is 0 Å². The number of pyridine rings is 1.